The van der Waals surface area contributed by atoms with E-state index in [1.807, 2.05) is 0 Å². The van der Waals surface area contributed by atoms with Crippen LogP contribution in [-0.2, 0) is 130 Å². The van der Waals surface area contributed by atoms with Crippen molar-refractivity contribution in [3.63, 3.8) is 0 Å². The fourth-order valence-electron chi connectivity index (χ4n) is 14.4. The number of piperidine rings is 6. The lowest BCUT2D eigenvalue weighted by molar-refractivity contribution is -0.500. The summed E-state index contributed by atoms with van der Waals surface area (Å²) in [5, 5.41) is 87.1. The maximum absolute atomic E-state index is 13.0. The Bertz CT molecular complexity index is 4910. The summed E-state index contributed by atoms with van der Waals surface area (Å²) in [6.07, 6.45) is 0.638. The van der Waals surface area contributed by atoms with E-state index in [0.717, 1.165) is 0 Å². The third-order valence-corrected chi connectivity index (χ3v) is 29.8. The number of nitrogens with one attached hydrogen (secondary N) is 1. The van der Waals surface area contributed by atoms with Gasteiger partial charge in [0.05, 0.1) is 33.0 Å². The number of ketones is 1. The molecule has 6 aliphatic rings. The maximum atomic E-state index is 13.0. The molecule has 6 heterocycles. The van der Waals surface area contributed by atoms with E-state index >= 15 is 0 Å². The number of halogens is 1. The van der Waals surface area contributed by atoms with Crippen LogP contribution in [0.5, 0.6) is 0 Å². The molecule has 55 heteroatoms. The van der Waals surface area contributed by atoms with Gasteiger partial charge in [-0.3, -0.25) is 9.59 Å². The summed E-state index contributed by atoms with van der Waals surface area (Å²) in [6, 6.07) is 23.7. The van der Waals surface area contributed by atoms with Gasteiger partial charge in [-0.1, -0.05) is 48.5 Å². The zero-order valence-corrected chi connectivity index (χ0v) is 83.1. The zero-order valence-electron chi connectivity index (χ0n) is 79.0. The smallest absolute Gasteiger partial charge is 0.410 e. The van der Waals surface area contributed by atoms with Crippen LogP contribution in [-0.4, -0.2) is 338 Å². The second-order valence-electron chi connectivity index (χ2n) is 31.8. The normalized spacial score (nSPS) is 17.7. The van der Waals surface area contributed by atoms with Gasteiger partial charge in [0.2, 0.25) is 40.1 Å². The minimum Gasteiger partial charge on any atom is -0.630 e. The van der Waals surface area contributed by atoms with Gasteiger partial charge >= 0.3 is 41.9 Å². The molecule has 138 heavy (non-hydrogen) atoms. The van der Waals surface area contributed by atoms with Gasteiger partial charge in [0, 0.05) is 162 Å². The van der Waals surface area contributed by atoms with Crippen molar-refractivity contribution in [3.8, 4) is 0 Å². The van der Waals surface area contributed by atoms with E-state index < -0.39 is 133 Å². The molecule has 0 atom stereocenters. The first-order chi connectivity index (χ1) is 62.8. The second-order valence-corrected chi connectivity index (χ2v) is 39.4. The van der Waals surface area contributed by atoms with Crippen LogP contribution >= 0.6 is 12.4 Å². The molecule has 4 aromatic carbocycles. The Morgan fingerprint density at radius 1 is 0.384 bits per heavy atom. The number of carbonyl (C=O) groups is 8. The van der Waals surface area contributed by atoms with Gasteiger partial charge in [-0.15, -0.1) is 12.4 Å². The molecule has 0 unspecified atom stereocenters. The number of nitrogens with zero attached hydrogens (tertiary/aromatic N) is 5. The number of amides is 1. The summed E-state index contributed by atoms with van der Waals surface area (Å²) >= 11 is 0. The number of aliphatic carboxylic acids is 1. The van der Waals surface area contributed by atoms with Gasteiger partial charge in [-0.25, -0.2) is 62.4 Å². The van der Waals surface area contributed by atoms with Crippen LogP contribution in [0, 0.1) is 20.8 Å². The molecule has 4 aromatic rings. The highest BCUT2D eigenvalue weighted by Gasteiger charge is 2.51. The molecule has 0 aromatic heterocycles. The number of nitrogens with two attached hydrogens (primary N) is 4. The Morgan fingerprint density at radius 2 is 0.638 bits per heavy atom. The van der Waals surface area contributed by atoms with Gasteiger partial charge in [-0.05, 0) is 118 Å². The molecular formula is C83H137ClN10O40S4. The van der Waals surface area contributed by atoms with Crippen LogP contribution in [0.2, 0.25) is 0 Å². The Balaban J connectivity index is 0.00000164. The number of quaternary nitrogens is 4. The number of hydrogen-bond donors (Lipinski definition) is 9. The van der Waals surface area contributed by atoms with Crippen LogP contribution in [0.3, 0.4) is 0 Å². The molecule has 0 radical (unpaired) electrons. The van der Waals surface area contributed by atoms with Gasteiger partial charge in [0.25, 0.3) is 0 Å². The molecule has 50 nitrogen and oxygen atoms in total. The number of likely N-dealkylation sites (tertiary alicyclic amines) is 1. The van der Waals surface area contributed by atoms with Crippen molar-refractivity contribution in [1.82, 2.24) is 27.4 Å². The minimum atomic E-state index is -3.92. The first-order valence-corrected chi connectivity index (χ1v) is 48.6. The Kier molecular flexibility index (Phi) is 56.6. The number of esters is 5. The van der Waals surface area contributed by atoms with Crippen LogP contribution in [0.15, 0.2) is 117 Å². The fourth-order valence-corrected chi connectivity index (χ4v) is 20.8. The monoisotopic (exact) mass is 2080 g/mol. The third kappa shape index (κ3) is 35.4. The Hall–Kier alpha value is -8.31. The van der Waals surface area contributed by atoms with Crippen molar-refractivity contribution in [1.29, 1.82) is 0 Å². The molecule has 21 N–H and O–H groups in total. The third-order valence-electron chi connectivity index (χ3n) is 21.9. The molecule has 10 rings (SSSR count). The van der Waals surface area contributed by atoms with Crippen LogP contribution < -0.4 is 27.2 Å². The van der Waals surface area contributed by atoms with E-state index in [0.29, 0.717) is 54.5 Å². The lowest BCUT2D eigenvalue weighted by Gasteiger charge is -2.39. The number of carbonyl (C=O) groups excluding carboxylic acids is 7. The highest BCUT2D eigenvalue weighted by Crippen LogP contribution is 2.38. The zero-order chi connectivity index (χ0) is 99.3. The SMILES string of the molecule is CCOC(=O)C1(O)CCN(C(=O)OC(C)(C)C)CC1.CCOC(=O)C1(O)CCN(S(=O)(=O)c2ccccc2[NH2+][O-])CC1.CCOC(=O)C1(O)CCNCC1.CCOC(=O)C1(OCOC)CCN(S(=O)(=O)c2ccccc2[NH2+][O-])CC1.CCOC(=O)CC(=O)C1(OCOC)CCN(S(=O)(=O)c2ccccc2[NH2+][O-])CC1.COCOC1(C(=O)O)CCN(S(=O)(=O)c2ccccc2[NH2+][O-])CC1.Cl.O.O.O.O. The van der Waals surface area contributed by atoms with Gasteiger partial charge in [0.15, 0.2) is 33.8 Å². The van der Waals surface area contributed by atoms with E-state index in [2.05, 4.69) is 5.32 Å². The van der Waals surface area contributed by atoms with Crippen molar-refractivity contribution in [2.24, 2.45) is 0 Å². The summed E-state index contributed by atoms with van der Waals surface area (Å²) in [7, 11) is -11.3. The van der Waals surface area contributed by atoms with Gasteiger partial charge in [0.1, 0.15) is 80.3 Å². The molecule has 1 amide bonds. The number of methoxy groups -OCH3 is 3. The number of benzene rings is 4. The minimum absolute atomic E-state index is 0. The lowest BCUT2D eigenvalue weighted by Crippen LogP contribution is -2.70. The molecule has 0 aliphatic carbocycles. The molecule has 0 bridgehead atoms. The predicted molar refractivity (Wildman–Crippen MR) is 491 cm³/mol. The molecule has 6 saturated heterocycles. The lowest BCUT2D eigenvalue weighted by atomic mass is 9.86. The number of ether oxygens (including phenoxy) is 12. The van der Waals surface area contributed by atoms with Gasteiger partial charge in [-0.2, -0.15) is 17.2 Å². The molecule has 6 fully saturated rings. The number of sulfonamides is 4. The Labute approximate surface area is 808 Å². The second kappa shape index (κ2) is 60.2. The number of aliphatic hydroxyl groups is 3. The molecular weight excluding hydrogens is 1940 g/mol. The first kappa shape index (κ1) is 130. The van der Waals surface area contributed by atoms with E-state index in [-0.39, 0.29) is 253 Å². The van der Waals surface area contributed by atoms with E-state index in [1.54, 1.807) is 97.9 Å². The number of hydrogen-bond acceptors (Lipinski definition) is 36. The number of carboxylic acid groups (broad SMARTS) is 1. The average Bonchev–Trinajstić information content (AvgIpc) is 0.783. The van der Waals surface area contributed by atoms with E-state index in [1.165, 1.54) is 98.0 Å². The summed E-state index contributed by atoms with van der Waals surface area (Å²) in [5.41, 5.74) is -6.65. The van der Waals surface area contributed by atoms with Crippen molar-refractivity contribution < 1.29 is 193 Å². The highest BCUT2D eigenvalue weighted by atomic mass is 35.5. The average molecular weight is 2080 g/mol. The first-order valence-electron chi connectivity index (χ1n) is 42.8. The largest absolute Gasteiger partial charge is 0.630 e. The summed E-state index contributed by atoms with van der Waals surface area (Å²) < 4.78 is 168. The van der Waals surface area contributed by atoms with E-state index in [9.17, 15) is 113 Å². The number of rotatable bonds is 34. The topological polar surface area (TPSA) is 778 Å². The standard InChI is InChI=1S/C18H26N2O8S.C16H24N2O7S.C14H20N2O7S.C14H20N2O6S.C13H23NO5.C8H15NO3.ClH.4H2O/c1-3-27-17(22)12-16(21)18(28-13-26-2)8-10-20(11-9-18)29(24,25)15-7-5-4-6-14(15)19-23;1-3-24-15(19)16(25-12-23-2)8-10-18(11-9-16)26(21,22)14-7-5-4-6-13(14)17-20;1-22-10-23-14(13(17)18)6-8-16(9-7-14)24(20,21)12-5-3-2-4-11(12)15-19;1-2-22-13(17)14(18)7-9-16(10-8-14)23(20,21)12-6-4-3-5-11(12)15-19;1-5-18-10(15)13(17)6-8-14(9-7-13)11(16)19-12(2,3)4;1-2-12-7(10)8(11)3-5-9-6-4-8;;;;;/h4-7H,3,8-13,19H2,1-2H3;4-7H,3,8-12,17H2,1-2H3;2-5H,6-10,15H2,1H3,(H,17,18);3-6,18H,2,7-10,15H2,1H3;17H,5-9H2,1-4H3;9,11H,2-6H2,1H3;1H;4*1H2. The molecule has 6 aliphatic heterocycles. The maximum Gasteiger partial charge on any atom is 0.410 e. The van der Waals surface area contributed by atoms with E-state index in [4.69, 9.17) is 56.8 Å². The molecule has 790 valence electrons. The fraction of sp³-hybridized carbons (Fsp3) is 0.614. The Morgan fingerprint density at radius 3 is 0.920 bits per heavy atom. The van der Waals surface area contributed by atoms with Crippen molar-refractivity contribution in [2.45, 2.75) is 198 Å². The van der Waals surface area contributed by atoms with Crippen LogP contribution in [0.1, 0.15) is 139 Å². The summed E-state index contributed by atoms with van der Waals surface area (Å²) in [5.74, 6) is -4.63. The quantitative estimate of drug-likeness (QED) is 0.00574. The predicted octanol–water partition coefficient (Wildman–Crippen LogP) is -2.70. The van der Waals surface area contributed by atoms with Crippen molar-refractivity contribution in [3.05, 3.63) is 118 Å². The molecule has 0 saturated carbocycles. The number of Topliss-reactive ketones (excluding diaryl/α,β-unsaturated/α-hetero) is 1. The highest BCUT2D eigenvalue weighted by molar-refractivity contribution is 7.90. The van der Waals surface area contributed by atoms with Crippen LogP contribution in [0.25, 0.3) is 0 Å². The number of carboxylic acids is 1. The summed E-state index contributed by atoms with van der Waals surface area (Å²) in [4.78, 5) is 96.0. The van der Waals surface area contributed by atoms with Gasteiger partial charge < -0.3 is 152 Å². The summed E-state index contributed by atoms with van der Waals surface area (Å²) in [6.45, 7) is 16.3. The molecule has 0 spiro atoms. The van der Waals surface area contributed by atoms with Crippen LogP contribution in [0.4, 0.5) is 27.5 Å². The van der Waals surface area contributed by atoms with Crippen molar-refractivity contribution >= 4 is 123 Å². The van der Waals surface area contributed by atoms with Crippen molar-refractivity contribution in [2.75, 3.05) is 153 Å².